The van der Waals surface area contributed by atoms with E-state index in [0.29, 0.717) is 13.0 Å². The number of urea groups is 1. The summed E-state index contributed by atoms with van der Waals surface area (Å²) in [4.78, 5) is 11.9. The van der Waals surface area contributed by atoms with Crippen molar-refractivity contribution in [2.45, 2.75) is 18.9 Å². The lowest BCUT2D eigenvalue weighted by Crippen LogP contribution is -2.44. The van der Waals surface area contributed by atoms with E-state index in [1.54, 1.807) is 11.8 Å². The second kappa shape index (κ2) is 9.43. The van der Waals surface area contributed by atoms with Gasteiger partial charge in [0.15, 0.2) is 0 Å². The number of amides is 2. The molecular formula is C18H24N2O2S. The molecule has 0 saturated carbocycles. The van der Waals surface area contributed by atoms with Gasteiger partial charge >= 0.3 is 6.03 Å². The molecule has 0 fully saturated rings. The normalized spacial score (nSPS) is 12.1. The van der Waals surface area contributed by atoms with Crippen LogP contribution in [0.5, 0.6) is 0 Å². The molecule has 2 amide bonds. The van der Waals surface area contributed by atoms with Crippen LogP contribution in [0.4, 0.5) is 4.79 Å². The molecule has 2 rings (SSSR count). The van der Waals surface area contributed by atoms with Crippen molar-refractivity contribution in [3.63, 3.8) is 0 Å². The highest BCUT2D eigenvalue weighted by Gasteiger charge is 2.10. The van der Waals surface area contributed by atoms with E-state index in [1.165, 1.54) is 16.3 Å². The molecule has 2 aromatic rings. The largest absolute Gasteiger partial charge is 0.396 e. The molecule has 0 aliphatic rings. The highest BCUT2D eigenvalue weighted by atomic mass is 32.2. The van der Waals surface area contributed by atoms with Gasteiger partial charge in [-0.3, -0.25) is 0 Å². The minimum Gasteiger partial charge on any atom is -0.396 e. The van der Waals surface area contributed by atoms with E-state index in [4.69, 9.17) is 5.11 Å². The fourth-order valence-corrected chi connectivity index (χ4v) is 3.26. The molecule has 0 radical (unpaired) electrons. The average Bonchev–Trinajstić information content (AvgIpc) is 2.55. The van der Waals surface area contributed by atoms with Crippen LogP contribution in [-0.2, 0) is 6.42 Å². The standard InChI is InChI=1S/C18H24N2O2S/c1-23-13-16(10-12-21)20-18(22)19-11-9-15-7-4-6-14-5-2-3-8-17(14)15/h2-8,16,21H,9-13H2,1H3,(H2,19,20,22). The van der Waals surface area contributed by atoms with Crippen molar-refractivity contribution < 1.29 is 9.90 Å². The summed E-state index contributed by atoms with van der Waals surface area (Å²) < 4.78 is 0. The molecule has 124 valence electrons. The van der Waals surface area contributed by atoms with E-state index in [-0.39, 0.29) is 18.7 Å². The maximum atomic E-state index is 11.9. The molecule has 0 saturated heterocycles. The van der Waals surface area contributed by atoms with E-state index < -0.39 is 0 Å². The van der Waals surface area contributed by atoms with Gasteiger partial charge in [0.1, 0.15) is 0 Å². The molecule has 2 aromatic carbocycles. The van der Waals surface area contributed by atoms with Crippen LogP contribution >= 0.6 is 11.8 Å². The maximum absolute atomic E-state index is 11.9. The number of carbonyl (C=O) groups excluding carboxylic acids is 1. The molecule has 0 aromatic heterocycles. The van der Waals surface area contributed by atoms with Crippen molar-refractivity contribution in [3.8, 4) is 0 Å². The molecule has 1 unspecified atom stereocenters. The second-order valence-electron chi connectivity index (χ2n) is 5.45. The zero-order chi connectivity index (χ0) is 16.5. The third kappa shape index (κ3) is 5.44. The highest BCUT2D eigenvalue weighted by Crippen LogP contribution is 2.18. The summed E-state index contributed by atoms with van der Waals surface area (Å²) in [5, 5.41) is 17.3. The van der Waals surface area contributed by atoms with Crippen LogP contribution in [0.3, 0.4) is 0 Å². The first-order chi connectivity index (χ1) is 11.2. The lowest BCUT2D eigenvalue weighted by molar-refractivity contribution is 0.231. The van der Waals surface area contributed by atoms with Crippen LogP contribution in [0.25, 0.3) is 10.8 Å². The van der Waals surface area contributed by atoms with E-state index in [0.717, 1.165) is 12.2 Å². The summed E-state index contributed by atoms with van der Waals surface area (Å²) in [6.45, 7) is 0.673. The number of aliphatic hydroxyl groups excluding tert-OH is 1. The Kier molecular flexibility index (Phi) is 7.23. The molecule has 0 spiro atoms. The first kappa shape index (κ1) is 17.6. The van der Waals surface area contributed by atoms with Gasteiger partial charge in [0.25, 0.3) is 0 Å². The molecule has 23 heavy (non-hydrogen) atoms. The average molecular weight is 332 g/mol. The first-order valence-corrected chi connectivity index (χ1v) is 9.24. The van der Waals surface area contributed by atoms with Crippen molar-refractivity contribution >= 4 is 28.6 Å². The van der Waals surface area contributed by atoms with Gasteiger partial charge in [0, 0.05) is 24.9 Å². The molecular weight excluding hydrogens is 308 g/mol. The van der Waals surface area contributed by atoms with E-state index in [1.807, 2.05) is 24.5 Å². The molecule has 0 aliphatic heterocycles. The fourth-order valence-electron chi connectivity index (χ4n) is 2.61. The predicted octanol–water partition coefficient (Wildman–Crippen LogP) is 2.80. The van der Waals surface area contributed by atoms with Gasteiger partial charge in [0.05, 0.1) is 0 Å². The van der Waals surface area contributed by atoms with Crippen LogP contribution in [0.1, 0.15) is 12.0 Å². The SMILES string of the molecule is CSCC(CCO)NC(=O)NCCc1cccc2ccccc12. The molecule has 3 N–H and O–H groups in total. The number of aliphatic hydroxyl groups is 1. The summed E-state index contributed by atoms with van der Waals surface area (Å²) in [6.07, 6.45) is 3.37. The minimum atomic E-state index is -0.169. The Balaban J connectivity index is 1.85. The number of benzene rings is 2. The van der Waals surface area contributed by atoms with Crippen molar-refractivity contribution in [1.29, 1.82) is 0 Å². The van der Waals surface area contributed by atoms with Gasteiger partial charge in [-0.25, -0.2) is 4.79 Å². The fraction of sp³-hybridized carbons (Fsp3) is 0.389. The Labute approximate surface area is 141 Å². The topological polar surface area (TPSA) is 61.4 Å². The van der Waals surface area contributed by atoms with Gasteiger partial charge in [-0.2, -0.15) is 11.8 Å². The Morgan fingerprint density at radius 2 is 2.00 bits per heavy atom. The van der Waals surface area contributed by atoms with Crippen LogP contribution in [0, 0.1) is 0 Å². The predicted molar refractivity (Wildman–Crippen MR) is 98.1 cm³/mol. The number of thioether (sulfide) groups is 1. The van der Waals surface area contributed by atoms with Crippen molar-refractivity contribution in [2.24, 2.45) is 0 Å². The van der Waals surface area contributed by atoms with Crippen LogP contribution in [0.15, 0.2) is 42.5 Å². The van der Waals surface area contributed by atoms with Gasteiger partial charge in [-0.15, -0.1) is 0 Å². The molecule has 1 atom stereocenters. The monoisotopic (exact) mass is 332 g/mol. The first-order valence-electron chi connectivity index (χ1n) is 7.85. The number of carbonyl (C=O) groups is 1. The van der Waals surface area contributed by atoms with Gasteiger partial charge in [0.2, 0.25) is 0 Å². The zero-order valence-corrected chi connectivity index (χ0v) is 14.2. The van der Waals surface area contributed by atoms with Crippen molar-refractivity contribution in [3.05, 3.63) is 48.0 Å². The smallest absolute Gasteiger partial charge is 0.315 e. The lowest BCUT2D eigenvalue weighted by Gasteiger charge is -2.17. The Morgan fingerprint density at radius 1 is 1.22 bits per heavy atom. The Morgan fingerprint density at radius 3 is 2.78 bits per heavy atom. The minimum absolute atomic E-state index is 0.00700. The Hall–Kier alpha value is -1.72. The molecule has 0 aliphatic carbocycles. The van der Waals surface area contributed by atoms with Crippen LogP contribution in [0.2, 0.25) is 0 Å². The van der Waals surface area contributed by atoms with E-state index >= 15 is 0 Å². The summed E-state index contributed by atoms with van der Waals surface area (Å²) in [5.74, 6) is 0.803. The maximum Gasteiger partial charge on any atom is 0.315 e. The van der Waals surface area contributed by atoms with Crippen LogP contribution < -0.4 is 10.6 Å². The number of rotatable bonds is 8. The summed E-state index contributed by atoms with van der Waals surface area (Å²) in [7, 11) is 0. The second-order valence-corrected chi connectivity index (χ2v) is 6.36. The van der Waals surface area contributed by atoms with Crippen LogP contribution in [-0.4, -0.2) is 42.3 Å². The third-order valence-electron chi connectivity index (χ3n) is 3.74. The summed E-state index contributed by atoms with van der Waals surface area (Å²) in [5.41, 5.74) is 1.24. The Bertz CT molecular complexity index is 622. The van der Waals surface area contributed by atoms with E-state index in [9.17, 15) is 4.79 Å². The highest BCUT2D eigenvalue weighted by molar-refractivity contribution is 7.98. The number of hydrogen-bond donors (Lipinski definition) is 3. The summed E-state index contributed by atoms with van der Waals surface area (Å²) in [6, 6.07) is 14.4. The number of nitrogens with one attached hydrogen (secondary N) is 2. The quantitative estimate of drug-likeness (QED) is 0.696. The van der Waals surface area contributed by atoms with Gasteiger partial charge in [-0.05, 0) is 35.4 Å². The molecule has 5 heteroatoms. The van der Waals surface area contributed by atoms with Gasteiger partial charge < -0.3 is 15.7 Å². The molecule has 0 heterocycles. The van der Waals surface area contributed by atoms with E-state index in [2.05, 4.69) is 34.9 Å². The van der Waals surface area contributed by atoms with Gasteiger partial charge in [-0.1, -0.05) is 42.5 Å². The zero-order valence-electron chi connectivity index (χ0n) is 13.4. The van der Waals surface area contributed by atoms with Crippen molar-refractivity contribution in [2.75, 3.05) is 25.2 Å². The number of hydrogen-bond acceptors (Lipinski definition) is 3. The summed E-state index contributed by atoms with van der Waals surface area (Å²) >= 11 is 1.66. The van der Waals surface area contributed by atoms with Crippen molar-refractivity contribution in [1.82, 2.24) is 10.6 Å². The molecule has 4 nitrogen and oxygen atoms in total. The number of fused-ring (bicyclic) bond motifs is 1. The lowest BCUT2D eigenvalue weighted by atomic mass is 10.0. The molecule has 0 bridgehead atoms. The third-order valence-corrected chi connectivity index (χ3v) is 4.48.